The molecule has 8 nitrogen and oxygen atoms in total. The highest BCUT2D eigenvalue weighted by atomic mass is 16.6. The molecule has 5 atom stereocenters. The molecule has 0 amide bonds. The van der Waals surface area contributed by atoms with Crippen LogP contribution in [0.25, 0.3) is 11.0 Å². The third-order valence-corrected chi connectivity index (χ3v) is 6.13. The highest BCUT2D eigenvalue weighted by Crippen LogP contribution is 2.38. The molecular formula is C22H25N3O5. The lowest BCUT2D eigenvalue weighted by molar-refractivity contribution is -0.0848. The maximum absolute atomic E-state index is 10.9. The summed E-state index contributed by atoms with van der Waals surface area (Å²) in [6, 6.07) is 7.66. The van der Waals surface area contributed by atoms with Gasteiger partial charge in [-0.15, -0.1) is 0 Å². The number of fused-ring (bicyclic) bond motifs is 2. The van der Waals surface area contributed by atoms with E-state index < -0.39 is 30.6 Å². The number of aromatic nitrogens is 3. The van der Waals surface area contributed by atoms with Crippen LogP contribution in [0.5, 0.6) is 0 Å². The molecule has 8 heteroatoms. The third-order valence-electron chi connectivity index (χ3n) is 6.13. The van der Waals surface area contributed by atoms with Gasteiger partial charge >= 0.3 is 0 Å². The zero-order chi connectivity index (χ0) is 20.8. The third kappa shape index (κ3) is 3.12. The summed E-state index contributed by atoms with van der Waals surface area (Å²) in [5.74, 6) is 0. The number of hydrogen-bond acceptors (Lipinski definition) is 7. The van der Waals surface area contributed by atoms with E-state index in [0.29, 0.717) is 24.4 Å². The lowest BCUT2D eigenvalue weighted by atomic mass is 9.85. The van der Waals surface area contributed by atoms with Gasteiger partial charge in [-0.2, -0.15) is 0 Å². The highest BCUT2D eigenvalue weighted by Gasteiger charge is 2.47. The van der Waals surface area contributed by atoms with E-state index in [9.17, 15) is 15.3 Å². The average molecular weight is 411 g/mol. The monoisotopic (exact) mass is 411 g/mol. The van der Waals surface area contributed by atoms with Crippen molar-refractivity contribution in [1.82, 2.24) is 14.5 Å². The van der Waals surface area contributed by atoms with Crippen molar-refractivity contribution < 1.29 is 24.8 Å². The molecule has 1 saturated heterocycles. The minimum atomic E-state index is -1.24. The maximum Gasteiger partial charge on any atom is 0.164 e. The molecule has 2 aliphatic rings. The van der Waals surface area contributed by atoms with Crippen LogP contribution in [0.1, 0.15) is 41.6 Å². The van der Waals surface area contributed by atoms with E-state index in [1.165, 1.54) is 17.5 Å². The van der Waals surface area contributed by atoms with Crippen LogP contribution in [-0.4, -0.2) is 54.8 Å². The topological polar surface area (TPSA) is 110 Å². The molecule has 158 valence electrons. The second-order valence-electron chi connectivity index (χ2n) is 7.86. The minimum absolute atomic E-state index is 0.357. The maximum atomic E-state index is 10.9. The standard InChI is InChI=1S/C22H25N3O5/c1-2-29-10-16-15-7-8-25(21(15)24-11-23-16)22-19(28)18(27)20(30-22)17(26)14-6-4-12-3-5-13(12)9-14/h4,6-9,11,17-20,22,26-28H,2-3,5,10H2,1H3/t17?,18-,19+,20+,22+/m0/s1. The lowest BCUT2D eigenvalue weighted by Crippen LogP contribution is -2.35. The summed E-state index contributed by atoms with van der Waals surface area (Å²) in [6.07, 6.45) is -0.0826. The van der Waals surface area contributed by atoms with Gasteiger partial charge in [0.05, 0.1) is 12.3 Å². The normalized spacial score (nSPS) is 26.5. The summed E-state index contributed by atoms with van der Waals surface area (Å²) in [6.45, 7) is 2.85. The number of benzene rings is 1. The molecular weight excluding hydrogens is 386 g/mol. The molecule has 5 rings (SSSR count). The van der Waals surface area contributed by atoms with Crippen LogP contribution in [0.3, 0.4) is 0 Å². The molecule has 30 heavy (non-hydrogen) atoms. The summed E-state index contributed by atoms with van der Waals surface area (Å²) in [5, 5.41) is 33.0. The second kappa shape index (κ2) is 7.72. The van der Waals surface area contributed by atoms with Crippen LogP contribution >= 0.6 is 0 Å². The molecule has 2 aromatic heterocycles. The Hall–Kier alpha value is -2.36. The van der Waals surface area contributed by atoms with Crippen molar-refractivity contribution in [2.45, 2.75) is 57.0 Å². The largest absolute Gasteiger partial charge is 0.387 e. The van der Waals surface area contributed by atoms with Gasteiger partial charge in [0.25, 0.3) is 0 Å². The number of rotatable bonds is 6. The number of aliphatic hydroxyl groups excluding tert-OH is 3. The predicted molar refractivity (Wildman–Crippen MR) is 108 cm³/mol. The zero-order valence-corrected chi connectivity index (χ0v) is 16.7. The average Bonchev–Trinajstić information content (AvgIpc) is 3.29. The minimum Gasteiger partial charge on any atom is -0.387 e. The number of hydrogen-bond donors (Lipinski definition) is 3. The first-order valence-electron chi connectivity index (χ1n) is 10.3. The van der Waals surface area contributed by atoms with E-state index in [0.717, 1.165) is 23.9 Å². The molecule has 1 aliphatic carbocycles. The van der Waals surface area contributed by atoms with Gasteiger partial charge in [-0.25, -0.2) is 9.97 Å². The second-order valence-corrected chi connectivity index (χ2v) is 7.86. The molecule has 1 unspecified atom stereocenters. The Labute approximate surface area is 173 Å². The number of nitrogens with zero attached hydrogens (tertiary/aromatic N) is 3. The van der Waals surface area contributed by atoms with Crippen LogP contribution in [0.15, 0.2) is 36.8 Å². The van der Waals surface area contributed by atoms with Crippen LogP contribution in [0, 0.1) is 0 Å². The highest BCUT2D eigenvalue weighted by molar-refractivity contribution is 5.78. The molecule has 0 spiro atoms. The SMILES string of the molecule is CCOCc1ncnc2c1ccn2[C@@H]1O[C@H](C(O)c2ccc3c(c2)CC3)[C@@H](O)[C@H]1O. The van der Waals surface area contributed by atoms with Crippen molar-refractivity contribution in [1.29, 1.82) is 0 Å². The smallest absolute Gasteiger partial charge is 0.164 e. The number of aliphatic hydroxyl groups is 3. The molecule has 0 bridgehead atoms. The van der Waals surface area contributed by atoms with Crippen molar-refractivity contribution in [3.05, 3.63) is 59.2 Å². The Bertz CT molecular complexity index is 1070. The van der Waals surface area contributed by atoms with E-state index >= 15 is 0 Å². The molecule has 0 saturated carbocycles. The fourth-order valence-electron chi connectivity index (χ4n) is 4.31. The molecule has 1 fully saturated rings. The van der Waals surface area contributed by atoms with Gasteiger partial charge in [0, 0.05) is 18.2 Å². The predicted octanol–water partition coefficient (Wildman–Crippen LogP) is 1.42. The Morgan fingerprint density at radius 1 is 1.17 bits per heavy atom. The molecule has 1 aromatic carbocycles. The van der Waals surface area contributed by atoms with Crippen molar-refractivity contribution >= 4 is 11.0 Å². The van der Waals surface area contributed by atoms with Crippen LogP contribution in [-0.2, 0) is 28.9 Å². The van der Waals surface area contributed by atoms with Gasteiger partial charge in [-0.05, 0) is 42.5 Å². The van der Waals surface area contributed by atoms with E-state index in [4.69, 9.17) is 9.47 Å². The first kappa shape index (κ1) is 19.6. The Morgan fingerprint density at radius 3 is 2.73 bits per heavy atom. The van der Waals surface area contributed by atoms with Crippen molar-refractivity contribution in [3.8, 4) is 0 Å². The fourth-order valence-corrected chi connectivity index (χ4v) is 4.31. The van der Waals surface area contributed by atoms with Crippen molar-refractivity contribution in [2.75, 3.05) is 6.61 Å². The van der Waals surface area contributed by atoms with Gasteiger partial charge in [-0.3, -0.25) is 0 Å². The van der Waals surface area contributed by atoms with Crippen LogP contribution in [0.4, 0.5) is 0 Å². The van der Waals surface area contributed by atoms with Gasteiger partial charge in [0.15, 0.2) is 6.23 Å². The van der Waals surface area contributed by atoms with Crippen LogP contribution < -0.4 is 0 Å². The van der Waals surface area contributed by atoms with E-state index in [-0.39, 0.29) is 0 Å². The van der Waals surface area contributed by atoms with E-state index in [1.54, 1.807) is 10.8 Å². The van der Waals surface area contributed by atoms with Gasteiger partial charge < -0.3 is 29.4 Å². The quantitative estimate of drug-likeness (QED) is 0.563. The summed E-state index contributed by atoms with van der Waals surface area (Å²) in [5.41, 5.74) is 4.51. The molecule has 3 heterocycles. The zero-order valence-electron chi connectivity index (χ0n) is 16.7. The van der Waals surface area contributed by atoms with E-state index in [1.807, 2.05) is 31.2 Å². The van der Waals surface area contributed by atoms with Crippen molar-refractivity contribution in [3.63, 3.8) is 0 Å². The summed E-state index contributed by atoms with van der Waals surface area (Å²) in [4.78, 5) is 8.61. The lowest BCUT2D eigenvalue weighted by Gasteiger charge is -2.25. The Kier molecular flexibility index (Phi) is 5.04. The summed E-state index contributed by atoms with van der Waals surface area (Å²) < 4.78 is 13.1. The molecule has 3 aromatic rings. The number of ether oxygens (including phenoxy) is 2. The van der Waals surface area contributed by atoms with Gasteiger partial charge in [0.2, 0.25) is 0 Å². The summed E-state index contributed by atoms with van der Waals surface area (Å²) >= 11 is 0. The van der Waals surface area contributed by atoms with Crippen molar-refractivity contribution in [2.24, 2.45) is 0 Å². The first-order chi connectivity index (χ1) is 14.6. The van der Waals surface area contributed by atoms with Crippen LogP contribution in [0.2, 0.25) is 0 Å². The fraction of sp³-hybridized carbons (Fsp3) is 0.455. The number of aryl methyl sites for hydroxylation is 2. The Balaban J connectivity index is 1.42. The van der Waals surface area contributed by atoms with Gasteiger partial charge in [0.1, 0.15) is 36.4 Å². The van der Waals surface area contributed by atoms with E-state index in [2.05, 4.69) is 9.97 Å². The molecule has 1 aliphatic heterocycles. The summed E-state index contributed by atoms with van der Waals surface area (Å²) in [7, 11) is 0. The first-order valence-corrected chi connectivity index (χ1v) is 10.3. The van der Waals surface area contributed by atoms with Gasteiger partial charge in [-0.1, -0.05) is 18.2 Å². The Morgan fingerprint density at radius 2 is 2.00 bits per heavy atom. The molecule has 0 radical (unpaired) electrons. The molecule has 3 N–H and O–H groups in total.